The maximum Gasteiger partial charge on any atom is 0.338 e. The van der Waals surface area contributed by atoms with Crippen LogP contribution in [0.5, 0.6) is 5.75 Å². The summed E-state index contributed by atoms with van der Waals surface area (Å²) in [4.78, 5) is 35.5. The molecule has 0 spiro atoms. The predicted molar refractivity (Wildman–Crippen MR) is 140 cm³/mol. The summed E-state index contributed by atoms with van der Waals surface area (Å²) in [6.45, 7) is 15.4. The molecule has 0 atom stereocenters. The molecular weight excluding hydrogens is 460 g/mol. The number of rotatable bonds is 11. The number of carbonyl (C=O) groups excluding carboxylic acids is 3. The summed E-state index contributed by atoms with van der Waals surface area (Å²) in [5.41, 5.74) is 16.4. The van der Waals surface area contributed by atoms with Gasteiger partial charge in [0.2, 0.25) is 0 Å². The standard InChI is InChI=1S/C28H32N2O6/c1-16(2)26(31)34-14-19(15-35-27(32)17(3)4)11-22-8-7-20(12-23(22)29)21-9-10-25(24(30)13-21)36-28(33)18(5)6/h7-10,12-13,19H,1,3,5,11,14-15,29-30H2,2,4,6H3. The number of hydrogen-bond donors (Lipinski definition) is 2. The highest BCUT2D eigenvalue weighted by Crippen LogP contribution is 2.31. The van der Waals surface area contributed by atoms with Gasteiger partial charge in [-0.15, -0.1) is 0 Å². The Morgan fingerprint density at radius 1 is 0.750 bits per heavy atom. The molecule has 2 aromatic rings. The number of nitrogens with two attached hydrogens (primary N) is 2. The fraction of sp³-hybridized carbons (Fsp3) is 0.250. The first-order chi connectivity index (χ1) is 16.9. The second-order valence-corrected chi connectivity index (χ2v) is 8.66. The number of nitrogen functional groups attached to an aromatic ring is 2. The molecule has 2 rings (SSSR count). The zero-order valence-corrected chi connectivity index (χ0v) is 20.9. The highest BCUT2D eigenvalue weighted by Gasteiger charge is 2.18. The summed E-state index contributed by atoms with van der Waals surface area (Å²) in [5, 5.41) is 0. The minimum Gasteiger partial charge on any atom is -0.462 e. The molecule has 0 unspecified atom stereocenters. The van der Waals surface area contributed by atoms with E-state index >= 15 is 0 Å². The van der Waals surface area contributed by atoms with Gasteiger partial charge < -0.3 is 25.7 Å². The normalized spacial score (nSPS) is 10.4. The summed E-state index contributed by atoms with van der Waals surface area (Å²) in [6, 6.07) is 10.6. The Bertz CT molecular complexity index is 1180. The average molecular weight is 493 g/mol. The first kappa shape index (κ1) is 27.9. The third-order valence-electron chi connectivity index (χ3n) is 5.15. The second kappa shape index (κ2) is 12.4. The van der Waals surface area contributed by atoms with E-state index in [1.165, 1.54) is 0 Å². The van der Waals surface area contributed by atoms with Crippen LogP contribution in [0.25, 0.3) is 11.1 Å². The molecule has 4 N–H and O–H groups in total. The predicted octanol–water partition coefficient (Wildman–Crippen LogP) is 4.40. The molecule has 0 heterocycles. The third-order valence-corrected chi connectivity index (χ3v) is 5.15. The van der Waals surface area contributed by atoms with E-state index in [-0.39, 0.29) is 41.6 Å². The van der Waals surface area contributed by atoms with Gasteiger partial charge in [0.25, 0.3) is 0 Å². The minimum atomic E-state index is -0.555. The van der Waals surface area contributed by atoms with E-state index in [4.69, 9.17) is 25.7 Å². The Balaban J connectivity index is 2.20. The van der Waals surface area contributed by atoms with Crippen molar-refractivity contribution in [2.24, 2.45) is 5.92 Å². The Kier molecular flexibility index (Phi) is 9.61. The van der Waals surface area contributed by atoms with E-state index in [2.05, 4.69) is 19.7 Å². The molecule has 190 valence electrons. The number of benzene rings is 2. The minimum absolute atomic E-state index is 0.0251. The molecule has 8 nitrogen and oxygen atoms in total. The molecule has 0 fully saturated rings. The van der Waals surface area contributed by atoms with Crippen LogP contribution in [0.3, 0.4) is 0 Å². The molecule has 0 saturated carbocycles. The van der Waals surface area contributed by atoms with Crippen molar-refractivity contribution in [2.75, 3.05) is 24.7 Å². The average Bonchev–Trinajstić information content (AvgIpc) is 2.82. The molecule has 0 aromatic heterocycles. The van der Waals surface area contributed by atoms with Crippen molar-refractivity contribution in [1.29, 1.82) is 0 Å². The van der Waals surface area contributed by atoms with Gasteiger partial charge in [-0.1, -0.05) is 37.9 Å². The summed E-state index contributed by atoms with van der Waals surface area (Å²) in [7, 11) is 0. The number of anilines is 2. The Morgan fingerprint density at radius 3 is 1.67 bits per heavy atom. The molecule has 2 aromatic carbocycles. The quantitative estimate of drug-likeness (QED) is 0.204. The molecule has 8 heteroatoms. The largest absolute Gasteiger partial charge is 0.462 e. The summed E-state index contributed by atoms with van der Waals surface area (Å²) in [5.74, 6) is -1.69. The van der Waals surface area contributed by atoms with E-state index in [1.807, 2.05) is 12.1 Å². The van der Waals surface area contributed by atoms with Crippen LogP contribution < -0.4 is 16.2 Å². The van der Waals surface area contributed by atoms with Crippen LogP contribution in [0.1, 0.15) is 26.3 Å². The maximum atomic E-state index is 11.8. The second-order valence-electron chi connectivity index (χ2n) is 8.66. The van der Waals surface area contributed by atoms with Crippen LogP contribution >= 0.6 is 0 Å². The van der Waals surface area contributed by atoms with E-state index in [9.17, 15) is 14.4 Å². The lowest BCUT2D eigenvalue weighted by Crippen LogP contribution is -2.23. The summed E-state index contributed by atoms with van der Waals surface area (Å²) in [6.07, 6.45) is 0.400. The first-order valence-corrected chi connectivity index (χ1v) is 11.2. The van der Waals surface area contributed by atoms with E-state index in [0.29, 0.717) is 17.8 Å². The number of carbonyl (C=O) groups is 3. The number of hydrogen-bond acceptors (Lipinski definition) is 8. The fourth-order valence-corrected chi connectivity index (χ4v) is 3.08. The van der Waals surface area contributed by atoms with Gasteiger partial charge >= 0.3 is 17.9 Å². The zero-order valence-electron chi connectivity index (χ0n) is 20.9. The van der Waals surface area contributed by atoms with Crippen molar-refractivity contribution in [3.05, 3.63) is 78.4 Å². The lowest BCUT2D eigenvalue weighted by atomic mass is 9.96. The van der Waals surface area contributed by atoms with Crippen LogP contribution in [0.2, 0.25) is 0 Å². The van der Waals surface area contributed by atoms with Gasteiger partial charge in [-0.05, 0) is 62.1 Å². The molecule has 36 heavy (non-hydrogen) atoms. The van der Waals surface area contributed by atoms with Crippen molar-refractivity contribution in [2.45, 2.75) is 27.2 Å². The Hall–Kier alpha value is -4.33. The topological polar surface area (TPSA) is 131 Å². The highest BCUT2D eigenvalue weighted by molar-refractivity contribution is 5.90. The zero-order chi connectivity index (χ0) is 27.0. The van der Waals surface area contributed by atoms with Crippen molar-refractivity contribution in [3.63, 3.8) is 0 Å². The Morgan fingerprint density at radius 2 is 1.22 bits per heavy atom. The molecule has 0 amide bonds. The van der Waals surface area contributed by atoms with Crippen LogP contribution in [0.15, 0.2) is 72.9 Å². The van der Waals surface area contributed by atoms with Crippen LogP contribution in [0, 0.1) is 5.92 Å². The van der Waals surface area contributed by atoms with Gasteiger partial charge in [0.05, 0.1) is 18.9 Å². The molecular formula is C28H32N2O6. The van der Waals surface area contributed by atoms with E-state index in [1.54, 1.807) is 45.0 Å². The lowest BCUT2D eigenvalue weighted by molar-refractivity contribution is -0.144. The monoisotopic (exact) mass is 492 g/mol. The summed E-state index contributed by atoms with van der Waals surface area (Å²) >= 11 is 0. The van der Waals surface area contributed by atoms with Gasteiger partial charge in [0, 0.05) is 28.3 Å². The molecule has 0 bridgehead atoms. The maximum absolute atomic E-state index is 11.8. The Labute approximate surface area is 211 Å². The van der Waals surface area contributed by atoms with Gasteiger partial charge in [-0.25, -0.2) is 14.4 Å². The van der Waals surface area contributed by atoms with E-state index in [0.717, 1.165) is 16.7 Å². The van der Waals surface area contributed by atoms with Crippen molar-refractivity contribution < 1.29 is 28.6 Å². The molecule has 0 aliphatic carbocycles. The molecule has 0 saturated heterocycles. The van der Waals surface area contributed by atoms with Gasteiger partial charge in [-0.2, -0.15) is 0 Å². The van der Waals surface area contributed by atoms with Crippen molar-refractivity contribution in [1.82, 2.24) is 0 Å². The lowest BCUT2D eigenvalue weighted by Gasteiger charge is -2.19. The van der Waals surface area contributed by atoms with Gasteiger partial charge in [0.15, 0.2) is 5.75 Å². The molecule has 0 aliphatic rings. The van der Waals surface area contributed by atoms with Gasteiger partial charge in [0.1, 0.15) is 0 Å². The fourth-order valence-electron chi connectivity index (χ4n) is 3.08. The SMILES string of the molecule is C=C(C)C(=O)OCC(COC(=O)C(=C)C)Cc1ccc(-c2ccc(OC(=O)C(=C)C)c(N)c2)cc1N. The van der Waals surface area contributed by atoms with Crippen LogP contribution in [-0.2, 0) is 30.3 Å². The molecule has 0 aliphatic heterocycles. The van der Waals surface area contributed by atoms with Crippen molar-refractivity contribution >= 4 is 29.3 Å². The molecule has 0 radical (unpaired) electrons. The summed E-state index contributed by atoms with van der Waals surface area (Å²) < 4.78 is 15.8. The third kappa shape index (κ3) is 7.87. The van der Waals surface area contributed by atoms with Gasteiger partial charge in [-0.3, -0.25) is 0 Å². The number of esters is 3. The van der Waals surface area contributed by atoms with Crippen LogP contribution in [-0.4, -0.2) is 31.1 Å². The number of ether oxygens (including phenoxy) is 3. The van der Waals surface area contributed by atoms with E-state index < -0.39 is 17.9 Å². The van der Waals surface area contributed by atoms with Crippen LogP contribution in [0.4, 0.5) is 11.4 Å². The first-order valence-electron chi connectivity index (χ1n) is 11.2. The highest BCUT2D eigenvalue weighted by atomic mass is 16.5. The van der Waals surface area contributed by atoms with Crippen molar-refractivity contribution in [3.8, 4) is 16.9 Å². The smallest absolute Gasteiger partial charge is 0.338 e.